The summed E-state index contributed by atoms with van der Waals surface area (Å²) in [4.78, 5) is 10.1. The van der Waals surface area contributed by atoms with Crippen molar-refractivity contribution in [3.63, 3.8) is 0 Å². The van der Waals surface area contributed by atoms with Gasteiger partial charge in [0.1, 0.15) is 5.82 Å². The summed E-state index contributed by atoms with van der Waals surface area (Å²) in [6.45, 7) is 3.10. The number of nitrogens with one attached hydrogen (secondary N) is 1. The van der Waals surface area contributed by atoms with Crippen LogP contribution < -0.4 is 0 Å². The molecule has 0 aliphatic carbocycles. The molecule has 1 aromatic heterocycles. The fourth-order valence-corrected chi connectivity index (χ4v) is 2.32. The van der Waals surface area contributed by atoms with Gasteiger partial charge in [-0.25, -0.2) is 4.98 Å². The summed E-state index contributed by atoms with van der Waals surface area (Å²) in [5.41, 5.74) is 3.40. The lowest BCUT2D eigenvalue weighted by Crippen LogP contribution is -2.15. The number of rotatable bonds is 3. The van der Waals surface area contributed by atoms with Crippen molar-refractivity contribution in [2.45, 2.75) is 13.3 Å². The highest BCUT2D eigenvalue weighted by atomic mass is 79.9. The molecule has 0 fully saturated rings. The molecule has 2 rings (SSSR count). The van der Waals surface area contributed by atoms with Gasteiger partial charge in [-0.2, -0.15) is 0 Å². The molecular formula is C12H16BrN3. The van der Waals surface area contributed by atoms with Crippen molar-refractivity contribution in [1.29, 1.82) is 0 Å². The lowest BCUT2D eigenvalue weighted by Gasteiger charge is -2.06. The molecule has 16 heavy (non-hydrogen) atoms. The second-order valence-electron chi connectivity index (χ2n) is 4.36. The van der Waals surface area contributed by atoms with Gasteiger partial charge in [-0.05, 0) is 38.7 Å². The minimum atomic E-state index is 0.957. The number of benzene rings is 1. The predicted octanol–water partition coefficient (Wildman–Crippen LogP) is 2.74. The summed E-state index contributed by atoms with van der Waals surface area (Å²) >= 11 is 3.50. The van der Waals surface area contributed by atoms with Crippen molar-refractivity contribution in [1.82, 2.24) is 14.9 Å². The first-order valence-electron chi connectivity index (χ1n) is 5.36. The van der Waals surface area contributed by atoms with E-state index in [1.807, 2.05) is 0 Å². The zero-order chi connectivity index (χ0) is 11.7. The Bertz CT molecular complexity index is 502. The maximum Gasteiger partial charge on any atom is 0.108 e. The Morgan fingerprint density at radius 1 is 1.38 bits per heavy atom. The second kappa shape index (κ2) is 4.55. The van der Waals surface area contributed by atoms with Crippen LogP contribution in [0.15, 0.2) is 16.6 Å². The number of halogens is 1. The van der Waals surface area contributed by atoms with Gasteiger partial charge in [0.2, 0.25) is 0 Å². The molecule has 0 saturated carbocycles. The second-order valence-corrected chi connectivity index (χ2v) is 5.27. The Kier molecular flexibility index (Phi) is 3.30. The number of likely N-dealkylation sites (N-methyl/N-ethyl adjacent to an activating group) is 1. The lowest BCUT2D eigenvalue weighted by atomic mass is 10.2. The van der Waals surface area contributed by atoms with Crippen molar-refractivity contribution < 1.29 is 0 Å². The summed E-state index contributed by atoms with van der Waals surface area (Å²) < 4.78 is 1.10. The minimum absolute atomic E-state index is 0.957. The number of imidazole rings is 1. The number of H-pyrrole nitrogens is 1. The van der Waals surface area contributed by atoms with Crippen LogP contribution in [-0.2, 0) is 6.42 Å². The third-order valence-electron chi connectivity index (χ3n) is 2.59. The van der Waals surface area contributed by atoms with Gasteiger partial charge in [0.15, 0.2) is 0 Å². The van der Waals surface area contributed by atoms with Gasteiger partial charge in [-0.3, -0.25) is 0 Å². The van der Waals surface area contributed by atoms with Crippen LogP contribution in [0.3, 0.4) is 0 Å². The van der Waals surface area contributed by atoms with Gasteiger partial charge >= 0.3 is 0 Å². The normalized spacial score (nSPS) is 11.6. The third-order valence-corrected chi connectivity index (χ3v) is 3.04. The first-order chi connectivity index (χ1) is 7.56. The zero-order valence-corrected chi connectivity index (χ0v) is 11.4. The van der Waals surface area contributed by atoms with Crippen LogP contribution in [0.5, 0.6) is 0 Å². The molecule has 1 N–H and O–H groups in total. The first-order valence-corrected chi connectivity index (χ1v) is 6.15. The quantitative estimate of drug-likeness (QED) is 0.938. The minimum Gasteiger partial charge on any atom is -0.342 e. The topological polar surface area (TPSA) is 31.9 Å². The van der Waals surface area contributed by atoms with Gasteiger partial charge in [0, 0.05) is 17.4 Å². The number of aromatic amines is 1. The molecule has 1 aromatic carbocycles. The van der Waals surface area contributed by atoms with Crippen LogP contribution in [0.1, 0.15) is 11.4 Å². The molecule has 4 heteroatoms. The van der Waals surface area contributed by atoms with Crippen molar-refractivity contribution >= 4 is 27.0 Å². The first kappa shape index (κ1) is 11.6. The third kappa shape index (κ3) is 2.44. The van der Waals surface area contributed by atoms with E-state index in [4.69, 9.17) is 0 Å². The summed E-state index contributed by atoms with van der Waals surface area (Å²) in [5, 5.41) is 0. The zero-order valence-electron chi connectivity index (χ0n) is 9.84. The van der Waals surface area contributed by atoms with Crippen LogP contribution in [0.4, 0.5) is 0 Å². The molecule has 86 valence electrons. The van der Waals surface area contributed by atoms with E-state index < -0.39 is 0 Å². The fraction of sp³-hybridized carbons (Fsp3) is 0.417. The van der Waals surface area contributed by atoms with Crippen LogP contribution in [0.25, 0.3) is 11.0 Å². The SMILES string of the molecule is Cc1cc(Br)cc2[nH]c(CCN(C)C)nc12. The van der Waals surface area contributed by atoms with Crippen LogP contribution in [0.2, 0.25) is 0 Å². The molecule has 0 saturated heterocycles. The average Bonchev–Trinajstić information content (AvgIpc) is 2.57. The van der Waals surface area contributed by atoms with E-state index in [1.54, 1.807) is 0 Å². The molecule has 0 radical (unpaired) electrons. The maximum absolute atomic E-state index is 4.62. The summed E-state index contributed by atoms with van der Waals surface area (Å²) in [5.74, 6) is 1.06. The molecule has 0 aliphatic heterocycles. The number of hydrogen-bond acceptors (Lipinski definition) is 2. The molecule has 0 bridgehead atoms. The van der Waals surface area contributed by atoms with Gasteiger partial charge in [0.05, 0.1) is 11.0 Å². The Morgan fingerprint density at radius 2 is 2.12 bits per heavy atom. The Morgan fingerprint density at radius 3 is 2.81 bits per heavy atom. The molecule has 2 aromatic rings. The maximum atomic E-state index is 4.62. The van der Waals surface area contributed by atoms with E-state index >= 15 is 0 Å². The monoisotopic (exact) mass is 281 g/mol. The number of fused-ring (bicyclic) bond motifs is 1. The van der Waals surface area contributed by atoms with E-state index in [1.165, 1.54) is 5.56 Å². The Balaban J connectivity index is 2.33. The number of hydrogen-bond donors (Lipinski definition) is 1. The van der Waals surface area contributed by atoms with Crippen molar-refractivity contribution in [3.05, 3.63) is 28.0 Å². The molecule has 0 atom stereocenters. The van der Waals surface area contributed by atoms with Crippen LogP contribution in [-0.4, -0.2) is 35.5 Å². The van der Waals surface area contributed by atoms with Crippen LogP contribution in [0, 0.1) is 6.92 Å². The van der Waals surface area contributed by atoms with Crippen molar-refractivity contribution in [2.24, 2.45) is 0 Å². The largest absolute Gasteiger partial charge is 0.342 e. The van der Waals surface area contributed by atoms with Crippen molar-refractivity contribution in [2.75, 3.05) is 20.6 Å². The van der Waals surface area contributed by atoms with Gasteiger partial charge < -0.3 is 9.88 Å². The fourth-order valence-electron chi connectivity index (χ4n) is 1.75. The number of nitrogens with zero attached hydrogens (tertiary/aromatic N) is 2. The standard InChI is InChI=1S/C12H16BrN3/c1-8-6-9(13)7-10-12(8)15-11(14-10)4-5-16(2)3/h6-7H,4-5H2,1-3H3,(H,14,15). The van der Waals surface area contributed by atoms with Gasteiger partial charge in [0.25, 0.3) is 0 Å². The van der Waals surface area contributed by atoms with E-state index in [0.29, 0.717) is 0 Å². The molecule has 0 amide bonds. The number of aromatic nitrogens is 2. The molecule has 3 nitrogen and oxygen atoms in total. The molecule has 0 spiro atoms. The van der Waals surface area contributed by atoms with Gasteiger partial charge in [-0.15, -0.1) is 0 Å². The summed E-state index contributed by atoms with van der Waals surface area (Å²) in [6.07, 6.45) is 0.957. The summed E-state index contributed by atoms with van der Waals surface area (Å²) in [6, 6.07) is 4.17. The molecular weight excluding hydrogens is 266 g/mol. The van der Waals surface area contributed by atoms with Crippen molar-refractivity contribution in [3.8, 4) is 0 Å². The Labute approximate surface area is 104 Å². The van der Waals surface area contributed by atoms with E-state index in [2.05, 4.69) is 63.9 Å². The van der Waals surface area contributed by atoms with E-state index in [9.17, 15) is 0 Å². The lowest BCUT2D eigenvalue weighted by molar-refractivity contribution is 0.410. The van der Waals surface area contributed by atoms with E-state index in [-0.39, 0.29) is 0 Å². The number of aryl methyl sites for hydroxylation is 1. The molecule has 0 unspecified atom stereocenters. The van der Waals surface area contributed by atoms with E-state index in [0.717, 1.165) is 34.3 Å². The molecule has 1 heterocycles. The Hall–Kier alpha value is -0.870. The summed E-state index contributed by atoms with van der Waals surface area (Å²) in [7, 11) is 4.15. The van der Waals surface area contributed by atoms with Crippen LogP contribution >= 0.6 is 15.9 Å². The van der Waals surface area contributed by atoms with Gasteiger partial charge in [-0.1, -0.05) is 15.9 Å². The smallest absolute Gasteiger partial charge is 0.108 e. The highest BCUT2D eigenvalue weighted by Crippen LogP contribution is 2.22. The highest BCUT2D eigenvalue weighted by molar-refractivity contribution is 9.10. The average molecular weight is 282 g/mol. The highest BCUT2D eigenvalue weighted by Gasteiger charge is 2.06. The predicted molar refractivity (Wildman–Crippen MR) is 70.8 cm³/mol. The molecule has 0 aliphatic rings.